The maximum absolute atomic E-state index is 14.0. The van der Waals surface area contributed by atoms with Crippen LogP contribution in [-0.2, 0) is 19.9 Å². The second-order valence-corrected chi connectivity index (χ2v) is 7.81. The summed E-state index contributed by atoms with van der Waals surface area (Å²) < 4.78 is 14.0. The fourth-order valence-electron chi connectivity index (χ4n) is 3.93. The summed E-state index contributed by atoms with van der Waals surface area (Å²) in [4.78, 5) is 20.2. The summed E-state index contributed by atoms with van der Waals surface area (Å²) in [5.74, 6) is 0.0836. The Morgan fingerprint density at radius 3 is 2.65 bits per heavy atom. The minimum Gasteiger partial charge on any atom is -0.334 e. The molecule has 160 valence electrons. The maximum atomic E-state index is 14.0. The summed E-state index contributed by atoms with van der Waals surface area (Å²) in [6, 6.07) is 8.01. The topological polar surface area (TPSA) is 76.8 Å². The van der Waals surface area contributed by atoms with Crippen molar-refractivity contribution in [1.82, 2.24) is 25.2 Å². The molecule has 7 nitrogen and oxygen atoms in total. The Kier molecular flexibility index (Phi) is 5.88. The predicted molar refractivity (Wildman–Crippen MR) is 116 cm³/mol. The number of anilines is 1. The van der Waals surface area contributed by atoms with Crippen molar-refractivity contribution in [2.45, 2.75) is 33.1 Å². The van der Waals surface area contributed by atoms with Crippen LogP contribution in [0.5, 0.6) is 0 Å². The molecule has 0 radical (unpaired) electrons. The molecule has 8 heteroatoms. The molecule has 1 aromatic carbocycles. The Bertz CT molecular complexity index is 1140. The van der Waals surface area contributed by atoms with Crippen molar-refractivity contribution in [3.8, 4) is 0 Å². The van der Waals surface area contributed by atoms with Crippen molar-refractivity contribution in [2.24, 2.45) is 7.05 Å². The van der Waals surface area contributed by atoms with E-state index in [0.29, 0.717) is 30.0 Å². The van der Waals surface area contributed by atoms with Crippen LogP contribution in [0, 0.1) is 5.82 Å². The summed E-state index contributed by atoms with van der Waals surface area (Å²) in [5, 5.41) is 12.4. The first-order valence-corrected chi connectivity index (χ1v) is 10.4. The van der Waals surface area contributed by atoms with Crippen molar-refractivity contribution < 1.29 is 9.18 Å². The normalized spacial score (nSPS) is 14.3. The molecule has 0 saturated carbocycles. The molecule has 0 amide bonds. The zero-order chi connectivity index (χ0) is 22.0. The number of carbonyl (C=O) groups is 1. The maximum Gasteiger partial charge on any atom is 0.266 e. The number of aryl methyl sites for hydroxylation is 1. The third-order valence-electron chi connectivity index (χ3n) is 5.73. The number of hydrogen-bond donors (Lipinski definition) is 0. The largest absolute Gasteiger partial charge is 0.334 e. The van der Waals surface area contributed by atoms with Gasteiger partial charge in [0, 0.05) is 36.8 Å². The average molecular weight is 420 g/mol. The van der Waals surface area contributed by atoms with E-state index in [1.54, 1.807) is 7.05 Å². The highest BCUT2D eigenvalue weighted by molar-refractivity contribution is 5.98. The van der Waals surface area contributed by atoms with Crippen LogP contribution < -0.4 is 4.90 Å². The van der Waals surface area contributed by atoms with Crippen molar-refractivity contribution >= 4 is 17.3 Å². The van der Waals surface area contributed by atoms with Gasteiger partial charge >= 0.3 is 0 Å². The molecule has 3 aromatic rings. The SMILES string of the molecule is CCc1c(F)cncc1C(=O)Cc1ccc(C2=C(C)CCN(c3nnn(C)n3)C2)cc1. The van der Waals surface area contributed by atoms with Crippen molar-refractivity contribution in [3.05, 3.63) is 70.3 Å². The van der Waals surface area contributed by atoms with Gasteiger partial charge in [0.05, 0.1) is 13.2 Å². The molecule has 2 aromatic heterocycles. The molecule has 31 heavy (non-hydrogen) atoms. The zero-order valence-electron chi connectivity index (χ0n) is 18.0. The average Bonchev–Trinajstić information content (AvgIpc) is 3.21. The number of carbonyl (C=O) groups excluding carboxylic acids is 1. The van der Waals surface area contributed by atoms with Crippen molar-refractivity contribution in [3.63, 3.8) is 0 Å². The number of Topliss-reactive ketones (excluding diaryl/α,β-unsaturated/α-hetero) is 1. The van der Waals surface area contributed by atoms with Gasteiger partial charge in [-0.1, -0.05) is 41.9 Å². The Labute approximate surface area is 180 Å². The number of rotatable bonds is 6. The van der Waals surface area contributed by atoms with E-state index in [0.717, 1.165) is 30.3 Å². The van der Waals surface area contributed by atoms with Gasteiger partial charge in [-0.15, -0.1) is 5.10 Å². The number of aromatic nitrogens is 5. The lowest BCUT2D eigenvalue weighted by atomic mass is 9.93. The van der Waals surface area contributed by atoms with Gasteiger partial charge in [-0.05, 0) is 41.7 Å². The molecule has 0 fully saturated rings. The third kappa shape index (κ3) is 4.38. The van der Waals surface area contributed by atoms with Crippen LogP contribution in [0.15, 0.2) is 42.2 Å². The van der Waals surface area contributed by atoms with Gasteiger partial charge in [0.15, 0.2) is 5.78 Å². The third-order valence-corrected chi connectivity index (χ3v) is 5.73. The Morgan fingerprint density at radius 2 is 1.97 bits per heavy atom. The molecule has 3 heterocycles. The van der Waals surface area contributed by atoms with Crippen LogP contribution in [0.2, 0.25) is 0 Å². The molecule has 1 aliphatic heterocycles. The second kappa shape index (κ2) is 8.75. The summed E-state index contributed by atoms with van der Waals surface area (Å²) in [6.45, 7) is 5.56. The minimum absolute atomic E-state index is 0.121. The molecule has 0 unspecified atom stereocenters. The first-order chi connectivity index (χ1) is 15.0. The molecule has 0 saturated heterocycles. The Balaban J connectivity index is 1.50. The lowest BCUT2D eigenvalue weighted by molar-refractivity contribution is 0.0991. The summed E-state index contributed by atoms with van der Waals surface area (Å²) >= 11 is 0. The first kappa shape index (κ1) is 20.8. The number of ketones is 1. The lowest BCUT2D eigenvalue weighted by Gasteiger charge is -2.29. The van der Waals surface area contributed by atoms with E-state index >= 15 is 0 Å². The monoisotopic (exact) mass is 420 g/mol. The number of tetrazole rings is 1. The molecule has 4 rings (SSSR count). The van der Waals surface area contributed by atoms with Gasteiger partial charge in [0.1, 0.15) is 5.82 Å². The van der Waals surface area contributed by atoms with Crippen LogP contribution in [0.1, 0.15) is 47.3 Å². The number of pyridine rings is 1. The minimum atomic E-state index is -0.425. The highest BCUT2D eigenvalue weighted by Gasteiger charge is 2.21. The number of halogens is 1. The molecule has 0 spiro atoms. The van der Waals surface area contributed by atoms with Crippen LogP contribution >= 0.6 is 0 Å². The molecule has 0 bridgehead atoms. The molecule has 0 aliphatic carbocycles. The van der Waals surface area contributed by atoms with E-state index in [2.05, 4.69) is 32.2 Å². The van der Waals surface area contributed by atoms with Crippen LogP contribution in [0.25, 0.3) is 5.57 Å². The van der Waals surface area contributed by atoms with Gasteiger partial charge < -0.3 is 4.90 Å². The number of nitrogens with zero attached hydrogens (tertiary/aromatic N) is 6. The Morgan fingerprint density at radius 1 is 1.19 bits per heavy atom. The van der Waals surface area contributed by atoms with Gasteiger partial charge in [-0.2, -0.15) is 4.80 Å². The molecule has 0 N–H and O–H groups in total. The first-order valence-electron chi connectivity index (χ1n) is 10.4. The molecular weight excluding hydrogens is 395 g/mol. The molecule has 1 aliphatic rings. The molecule has 0 atom stereocenters. The van der Waals surface area contributed by atoms with E-state index in [4.69, 9.17) is 0 Å². The van der Waals surface area contributed by atoms with Gasteiger partial charge in [-0.25, -0.2) is 4.39 Å². The van der Waals surface area contributed by atoms with Crippen molar-refractivity contribution in [1.29, 1.82) is 0 Å². The molecular formula is C23H25FN6O. The highest BCUT2D eigenvalue weighted by Crippen LogP contribution is 2.28. The summed E-state index contributed by atoms with van der Waals surface area (Å²) in [6.07, 6.45) is 4.22. The van der Waals surface area contributed by atoms with Crippen LogP contribution in [0.4, 0.5) is 10.3 Å². The van der Waals surface area contributed by atoms with Gasteiger partial charge in [-0.3, -0.25) is 9.78 Å². The van der Waals surface area contributed by atoms with Crippen molar-refractivity contribution in [2.75, 3.05) is 18.0 Å². The number of hydrogen-bond acceptors (Lipinski definition) is 6. The lowest BCUT2D eigenvalue weighted by Crippen LogP contribution is -2.31. The van der Waals surface area contributed by atoms with E-state index < -0.39 is 5.82 Å². The quantitative estimate of drug-likeness (QED) is 0.569. The van der Waals surface area contributed by atoms with Gasteiger partial charge in [0.25, 0.3) is 5.95 Å². The highest BCUT2D eigenvalue weighted by atomic mass is 19.1. The van der Waals surface area contributed by atoms with Crippen LogP contribution in [-0.4, -0.2) is 44.1 Å². The predicted octanol–water partition coefficient (Wildman–Crippen LogP) is 3.42. The summed E-state index contributed by atoms with van der Waals surface area (Å²) in [5.41, 5.74) is 5.37. The van der Waals surface area contributed by atoms with Gasteiger partial charge in [0.2, 0.25) is 0 Å². The van der Waals surface area contributed by atoms with Crippen LogP contribution in [0.3, 0.4) is 0 Å². The van der Waals surface area contributed by atoms with E-state index in [1.807, 2.05) is 31.2 Å². The van der Waals surface area contributed by atoms with E-state index in [9.17, 15) is 9.18 Å². The fourth-order valence-corrected chi connectivity index (χ4v) is 3.93. The Hall–Kier alpha value is -3.42. The van der Waals surface area contributed by atoms with E-state index in [-0.39, 0.29) is 12.2 Å². The fraction of sp³-hybridized carbons (Fsp3) is 0.348. The second-order valence-electron chi connectivity index (χ2n) is 7.81. The standard InChI is InChI=1S/C23H25FN6O/c1-4-18-19(12-25-13-21(18)24)22(31)11-16-5-7-17(8-6-16)20-14-30(10-9-15(20)2)23-26-28-29(3)27-23/h5-8,12-13H,4,9-11,14H2,1-3H3. The smallest absolute Gasteiger partial charge is 0.266 e. The van der Waals surface area contributed by atoms with E-state index in [1.165, 1.54) is 22.1 Å². The summed E-state index contributed by atoms with van der Waals surface area (Å²) in [7, 11) is 1.76. The zero-order valence-corrected chi connectivity index (χ0v) is 18.0. The number of benzene rings is 1.